The van der Waals surface area contributed by atoms with Crippen LogP contribution >= 0.6 is 0 Å². The molecule has 0 aliphatic heterocycles. The maximum atomic E-state index is 10.8. The Morgan fingerprint density at radius 3 is 2.53 bits per heavy atom. The fourth-order valence-electron chi connectivity index (χ4n) is 3.23. The van der Waals surface area contributed by atoms with Crippen molar-refractivity contribution in [3.05, 3.63) is 35.4 Å². The molecule has 0 radical (unpaired) electrons. The highest BCUT2D eigenvalue weighted by molar-refractivity contribution is 5.29. The molecule has 1 fully saturated rings. The van der Waals surface area contributed by atoms with E-state index in [1.807, 2.05) is 0 Å². The Hall–Kier alpha value is -0.820. The molecule has 0 saturated heterocycles. The van der Waals surface area contributed by atoms with Crippen LogP contribution < -0.4 is 0 Å². The van der Waals surface area contributed by atoms with Crippen molar-refractivity contribution in [2.45, 2.75) is 58.0 Å². The Morgan fingerprint density at radius 1 is 1.24 bits per heavy atom. The van der Waals surface area contributed by atoms with Gasteiger partial charge < -0.3 is 5.11 Å². The molecule has 2 unspecified atom stereocenters. The Labute approximate surface area is 105 Å². The zero-order valence-electron chi connectivity index (χ0n) is 11.1. The van der Waals surface area contributed by atoms with Gasteiger partial charge in [-0.3, -0.25) is 0 Å². The third kappa shape index (κ3) is 2.40. The molecular weight excluding hydrogens is 208 g/mol. The van der Waals surface area contributed by atoms with E-state index in [1.165, 1.54) is 18.4 Å². The van der Waals surface area contributed by atoms with Crippen LogP contribution in [-0.4, -0.2) is 5.11 Å². The van der Waals surface area contributed by atoms with Gasteiger partial charge in [-0.05, 0) is 42.7 Å². The lowest BCUT2D eigenvalue weighted by atomic mass is 9.82. The van der Waals surface area contributed by atoms with E-state index >= 15 is 0 Å². The predicted octanol–water partition coefficient (Wildman–Crippen LogP) is 4.04. The second-order valence-corrected chi connectivity index (χ2v) is 5.37. The first-order valence-corrected chi connectivity index (χ1v) is 7.02. The number of benzene rings is 1. The van der Waals surface area contributed by atoms with Gasteiger partial charge in [-0.15, -0.1) is 0 Å². The minimum Gasteiger partial charge on any atom is -0.385 e. The van der Waals surface area contributed by atoms with Crippen LogP contribution in [0.3, 0.4) is 0 Å². The summed E-state index contributed by atoms with van der Waals surface area (Å²) in [5.41, 5.74) is 1.95. The maximum Gasteiger partial charge on any atom is 0.0924 e. The molecule has 0 aromatic heterocycles. The summed E-state index contributed by atoms with van der Waals surface area (Å²) in [4.78, 5) is 0. The summed E-state index contributed by atoms with van der Waals surface area (Å²) in [6, 6.07) is 8.64. The molecule has 17 heavy (non-hydrogen) atoms. The van der Waals surface area contributed by atoms with Crippen LogP contribution in [0.25, 0.3) is 0 Å². The quantitative estimate of drug-likeness (QED) is 0.830. The molecule has 1 heteroatoms. The number of rotatable bonds is 4. The summed E-state index contributed by atoms with van der Waals surface area (Å²) < 4.78 is 0. The number of hydrogen-bond donors (Lipinski definition) is 1. The molecule has 0 amide bonds. The standard InChI is InChI=1S/C16H24O/c1-3-6-13-8-10-15(11-9-13)16(17)12-5-7-14(16)4-2/h8-11,14,17H,3-7,12H2,1-2H3. The van der Waals surface area contributed by atoms with E-state index < -0.39 is 5.60 Å². The molecule has 0 bridgehead atoms. The van der Waals surface area contributed by atoms with Crippen LogP contribution in [0.4, 0.5) is 0 Å². The van der Waals surface area contributed by atoms with Crippen molar-refractivity contribution in [3.8, 4) is 0 Å². The highest BCUT2D eigenvalue weighted by atomic mass is 16.3. The van der Waals surface area contributed by atoms with Gasteiger partial charge in [0, 0.05) is 0 Å². The highest BCUT2D eigenvalue weighted by Gasteiger charge is 2.41. The molecule has 94 valence electrons. The van der Waals surface area contributed by atoms with E-state index in [1.54, 1.807) is 0 Å². The molecule has 1 aliphatic carbocycles. The van der Waals surface area contributed by atoms with Crippen LogP contribution in [0.2, 0.25) is 0 Å². The SMILES string of the molecule is CCCc1ccc(C2(O)CCCC2CC)cc1. The summed E-state index contributed by atoms with van der Waals surface area (Å²) in [5.74, 6) is 0.444. The van der Waals surface area contributed by atoms with Crippen molar-refractivity contribution in [2.24, 2.45) is 5.92 Å². The molecule has 1 N–H and O–H groups in total. The first-order valence-electron chi connectivity index (χ1n) is 7.02. The summed E-state index contributed by atoms with van der Waals surface area (Å²) >= 11 is 0. The van der Waals surface area contributed by atoms with Crippen molar-refractivity contribution >= 4 is 0 Å². The van der Waals surface area contributed by atoms with E-state index in [2.05, 4.69) is 38.1 Å². The predicted molar refractivity (Wildman–Crippen MR) is 72.0 cm³/mol. The van der Waals surface area contributed by atoms with Gasteiger partial charge in [-0.2, -0.15) is 0 Å². The van der Waals surface area contributed by atoms with E-state index in [0.717, 1.165) is 31.2 Å². The molecule has 0 spiro atoms. The summed E-state index contributed by atoms with van der Waals surface area (Å²) in [6.07, 6.45) is 6.65. The number of aliphatic hydroxyl groups is 1. The Morgan fingerprint density at radius 2 is 1.94 bits per heavy atom. The third-order valence-corrected chi connectivity index (χ3v) is 4.27. The summed E-state index contributed by atoms with van der Waals surface area (Å²) in [5, 5.41) is 10.8. The second-order valence-electron chi connectivity index (χ2n) is 5.37. The zero-order valence-corrected chi connectivity index (χ0v) is 11.1. The lowest BCUT2D eigenvalue weighted by molar-refractivity contribution is -0.00388. The van der Waals surface area contributed by atoms with Gasteiger partial charge in [0.15, 0.2) is 0 Å². The largest absolute Gasteiger partial charge is 0.385 e. The van der Waals surface area contributed by atoms with Crippen molar-refractivity contribution in [1.82, 2.24) is 0 Å². The minimum absolute atomic E-state index is 0.444. The zero-order chi connectivity index (χ0) is 12.3. The molecular formula is C16H24O. The van der Waals surface area contributed by atoms with Crippen LogP contribution in [0.1, 0.15) is 57.1 Å². The molecule has 0 heterocycles. The van der Waals surface area contributed by atoms with Crippen molar-refractivity contribution in [1.29, 1.82) is 0 Å². The molecule has 2 atom stereocenters. The van der Waals surface area contributed by atoms with Gasteiger partial charge in [0.25, 0.3) is 0 Å². The monoisotopic (exact) mass is 232 g/mol. The fourth-order valence-corrected chi connectivity index (χ4v) is 3.23. The van der Waals surface area contributed by atoms with Gasteiger partial charge in [-0.1, -0.05) is 51.0 Å². The molecule has 1 aliphatic rings. The average Bonchev–Trinajstić information content (AvgIpc) is 2.73. The van der Waals surface area contributed by atoms with E-state index in [4.69, 9.17) is 0 Å². The van der Waals surface area contributed by atoms with Crippen LogP contribution in [0.5, 0.6) is 0 Å². The van der Waals surface area contributed by atoms with Gasteiger partial charge in [0.1, 0.15) is 0 Å². The fraction of sp³-hybridized carbons (Fsp3) is 0.625. The molecule has 1 nitrogen and oxygen atoms in total. The number of hydrogen-bond acceptors (Lipinski definition) is 1. The first-order chi connectivity index (χ1) is 8.20. The number of aryl methyl sites for hydroxylation is 1. The minimum atomic E-state index is -0.556. The molecule has 1 aromatic rings. The average molecular weight is 232 g/mol. The van der Waals surface area contributed by atoms with E-state index in [0.29, 0.717) is 5.92 Å². The van der Waals surface area contributed by atoms with Gasteiger partial charge in [-0.25, -0.2) is 0 Å². The summed E-state index contributed by atoms with van der Waals surface area (Å²) in [6.45, 7) is 4.39. The lowest BCUT2D eigenvalue weighted by Gasteiger charge is -2.30. The lowest BCUT2D eigenvalue weighted by Crippen LogP contribution is -2.29. The van der Waals surface area contributed by atoms with E-state index in [9.17, 15) is 5.11 Å². The third-order valence-electron chi connectivity index (χ3n) is 4.27. The smallest absolute Gasteiger partial charge is 0.0924 e. The molecule has 1 aromatic carbocycles. The Bertz CT molecular complexity index is 354. The van der Waals surface area contributed by atoms with Gasteiger partial charge >= 0.3 is 0 Å². The van der Waals surface area contributed by atoms with Gasteiger partial charge in [0.05, 0.1) is 5.60 Å². The molecule has 2 rings (SSSR count). The van der Waals surface area contributed by atoms with Crippen LogP contribution in [0, 0.1) is 5.92 Å². The first kappa shape index (κ1) is 12.6. The molecule has 1 saturated carbocycles. The van der Waals surface area contributed by atoms with Crippen molar-refractivity contribution < 1.29 is 5.11 Å². The van der Waals surface area contributed by atoms with Gasteiger partial charge in [0.2, 0.25) is 0 Å². The topological polar surface area (TPSA) is 20.2 Å². The van der Waals surface area contributed by atoms with E-state index in [-0.39, 0.29) is 0 Å². The van der Waals surface area contributed by atoms with Crippen LogP contribution in [-0.2, 0) is 12.0 Å². The van der Waals surface area contributed by atoms with Crippen molar-refractivity contribution in [2.75, 3.05) is 0 Å². The maximum absolute atomic E-state index is 10.8. The van der Waals surface area contributed by atoms with Crippen molar-refractivity contribution in [3.63, 3.8) is 0 Å². The normalized spacial score (nSPS) is 28.5. The Kier molecular flexibility index (Phi) is 3.88. The Balaban J connectivity index is 2.21. The highest BCUT2D eigenvalue weighted by Crippen LogP contribution is 2.45. The summed E-state index contributed by atoms with van der Waals surface area (Å²) in [7, 11) is 0. The van der Waals surface area contributed by atoms with Crippen LogP contribution in [0.15, 0.2) is 24.3 Å². The second kappa shape index (κ2) is 5.22.